The van der Waals surface area contributed by atoms with Crippen molar-refractivity contribution in [2.24, 2.45) is 5.92 Å². The minimum atomic E-state index is -1.09. The van der Waals surface area contributed by atoms with Crippen molar-refractivity contribution < 1.29 is 9.18 Å². The van der Waals surface area contributed by atoms with E-state index in [4.69, 9.17) is 0 Å². The number of nitriles is 1. The number of nitrogens with zero attached hydrogens (tertiary/aromatic N) is 2. The van der Waals surface area contributed by atoms with Gasteiger partial charge >= 0.3 is 0 Å². The Labute approximate surface area is 202 Å². The van der Waals surface area contributed by atoms with E-state index in [2.05, 4.69) is 67.3 Å². The second kappa shape index (κ2) is 9.80. The molecule has 1 aromatic rings. The smallest absolute Gasteiger partial charge is 0.228 e. The predicted molar refractivity (Wildman–Crippen MR) is 131 cm³/mol. The van der Waals surface area contributed by atoms with Crippen molar-refractivity contribution >= 4 is 11.6 Å². The number of rotatable bonds is 7. The van der Waals surface area contributed by atoms with Gasteiger partial charge in [0.15, 0.2) is 0 Å². The number of anilines is 1. The molecule has 3 aliphatic rings. The number of amides is 1. The average molecular weight is 471 g/mol. The van der Waals surface area contributed by atoms with Crippen LogP contribution in [-0.2, 0) is 10.3 Å². The molecule has 8 heteroatoms. The van der Waals surface area contributed by atoms with Gasteiger partial charge in [0.25, 0.3) is 0 Å². The van der Waals surface area contributed by atoms with Gasteiger partial charge in [0.2, 0.25) is 5.91 Å². The summed E-state index contributed by atoms with van der Waals surface area (Å²) in [7, 11) is 0. The van der Waals surface area contributed by atoms with Crippen LogP contribution in [0.1, 0.15) is 71.8 Å². The van der Waals surface area contributed by atoms with E-state index in [-0.39, 0.29) is 36.0 Å². The monoisotopic (exact) mass is 470 g/mol. The van der Waals surface area contributed by atoms with E-state index in [1.54, 1.807) is 0 Å². The van der Waals surface area contributed by atoms with E-state index in [1.807, 2.05) is 17.1 Å². The summed E-state index contributed by atoms with van der Waals surface area (Å²) < 4.78 is 15.4. The Hall–Kier alpha value is -2.21. The fourth-order valence-corrected chi connectivity index (χ4v) is 6.23. The first kappa shape index (κ1) is 24.9. The Morgan fingerprint density at radius 1 is 1.26 bits per heavy atom. The summed E-state index contributed by atoms with van der Waals surface area (Å²) in [5.74, 6) is -0.391. The number of halogens is 1. The van der Waals surface area contributed by atoms with Crippen LogP contribution in [0.5, 0.6) is 0 Å². The number of hydrogen-bond donors (Lipinski definition) is 4. The maximum atomic E-state index is 15.4. The van der Waals surface area contributed by atoms with Crippen LogP contribution < -0.4 is 21.4 Å². The van der Waals surface area contributed by atoms with Crippen LogP contribution in [0.2, 0.25) is 0 Å². The molecule has 0 bridgehead atoms. The first-order valence-corrected chi connectivity index (χ1v) is 12.7. The molecule has 3 fully saturated rings. The number of alkyl halides is 1. The molecule has 1 saturated carbocycles. The Kier molecular flexibility index (Phi) is 7.18. The van der Waals surface area contributed by atoms with E-state index in [0.29, 0.717) is 25.4 Å². The van der Waals surface area contributed by atoms with Crippen molar-refractivity contribution in [2.45, 2.75) is 102 Å². The first-order valence-electron chi connectivity index (χ1n) is 12.7. The van der Waals surface area contributed by atoms with Gasteiger partial charge in [-0.2, -0.15) is 5.26 Å². The zero-order valence-electron chi connectivity index (χ0n) is 20.8. The van der Waals surface area contributed by atoms with E-state index < -0.39 is 11.7 Å². The highest BCUT2D eigenvalue weighted by Gasteiger charge is 2.57. The number of benzene rings is 1. The van der Waals surface area contributed by atoms with Gasteiger partial charge in [-0.3, -0.25) is 4.79 Å². The van der Waals surface area contributed by atoms with E-state index in [1.165, 1.54) is 5.56 Å². The standard InChI is InChI=1S/C26H39FN6O/c1-17(2)31-25(3,4)18-8-10-19(11-9-18)30-23-22-20(12-16-29-24(22)34)33(32-23)26(14-15-28)13-6-5-7-21(26)27/h8-11,17,20-23,30-32H,5-7,12-14,16H2,1-4H3,(H,29,34)/t20?,21-,22?,23?,26-/m1/s1. The number of carbonyl (C=O) groups excluding carboxylic acids is 1. The summed E-state index contributed by atoms with van der Waals surface area (Å²) in [5, 5.41) is 21.6. The number of fused-ring (bicyclic) bond motifs is 1. The Bertz CT molecular complexity index is 913. The largest absolute Gasteiger partial charge is 0.368 e. The quantitative estimate of drug-likeness (QED) is 0.487. The van der Waals surface area contributed by atoms with Crippen LogP contribution in [0.4, 0.5) is 10.1 Å². The lowest BCUT2D eigenvalue weighted by atomic mass is 9.76. The summed E-state index contributed by atoms with van der Waals surface area (Å²) in [6.45, 7) is 9.16. The normalized spacial score (nSPS) is 32.2. The van der Waals surface area contributed by atoms with Crippen molar-refractivity contribution in [3.05, 3.63) is 29.8 Å². The van der Waals surface area contributed by atoms with E-state index in [9.17, 15) is 10.1 Å². The SMILES string of the molecule is CC(C)NC(C)(C)c1ccc(NC2NN([C@@]3(CC#N)CCCC[C@H]3F)C3CCNC(=O)C23)cc1. The molecule has 0 aromatic heterocycles. The molecule has 0 radical (unpaired) electrons. The highest BCUT2D eigenvalue weighted by Crippen LogP contribution is 2.43. The zero-order chi connectivity index (χ0) is 24.5. The molecule has 34 heavy (non-hydrogen) atoms. The van der Waals surface area contributed by atoms with E-state index >= 15 is 4.39 Å². The number of nitrogens with one attached hydrogen (secondary N) is 4. The molecule has 0 spiro atoms. The topological polar surface area (TPSA) is 92.2 Å². The van der Waals surface area contributed by atoms with Crippen molar-refractivity contribution in [1.82, 2.24) is 21.1 Å². The molecular weight excluding hydrogens is 431 g/mol. The molecule has 1 amide bonds. The number of carbonyl (C=O) groups is 1. The lowest BCUT2D eigenvalue weighted by Crippen LogP contribution is -2.63. The van der Waals surface area contributed by atoms with Crippen LogP contribution in [0, 0.1) is 17.2 Å². The van der Waals surface area contributed by atoms with Gasteiger partial charge in [0.05, 0.1) is 23.9 Å². The second-order valence-corrected chi connectivity index (χ2v) is 10.9. The highest BCUT2D eigenvalue weighted by atomic mass is 19.1. The van der Waals surface area contributed by atoms with Gasteiger partial charge < -0.3 is 16.0 Å². The molecule has 5 atom stereocenters. The Balaban J connectivity index is 1.57. The number of piperidine rings is 1. The molecule has 2 saturated heterocycles. The van der Waals surface area contributed by atoms with Crippen LogP contribution in [0.25, 0.3) is 0 Å². The van der Waals surface area contributed by atoms with E-state index in [0.717, 1.165) is 24.9 Å². The minimum absolute atomic E-state index is 0.0269. The predicted octanol–water partition coefficient (Wildman–Crippen LogP) is 3.55. The van der Waals surface area contributed by atoms with Gasteiger partial charge in [-0.15, -0.1) is 0 Å². The van der Waals surface area contributed by atoms with Crippen molar-refractivity contribution in [1.29, 1.82) is 5.26 Å². The second-order valence-electron chi connectivity index (χ2n) is 10.9. The Morgan fingerprint density at radius 3 is 2.65 bits per heavy atom. The van der Waals surface area contributed by atoms with Gasteiger partial charge in [-0.25, -0.2) is 14.8 Å². The molecule has 1 aliphatic carbocycles. The van der Waals surface area contributed by atoms with Crippen LogP contribution >= 0.6 is 0 Å². The van der Waals surface area contributed by atoms with Gasteiger partial charge in [-0.05, 0) is 50.8 Å². The summed E-state index contributed by atoms with van der Waals surface area (Å²) in [5.41, 5.74) is 4.49. The van der Waals surface area contributed by atoms with Gasteiger partial charge in [0, 0.05) is 29.9 Å². The summed E-state index contributed by atoms with van der Waals surface area (Å²) in [4.78, 5) is 13.0. The molecule has 4 N–H and O–H groups in total. The summed E-state index contributed by atoms with van der Waals surface area (Å²) in [6, 6.07) is 10.7. The summed E-state index contributed by atoms with van der Waals surface area (Å²) in [6.07, 6.45) is 2.20. The van der Waals surface area contributed by atoms with Crippen LogP contribution in [0.3, 0.4) is 0 Å². The fraction of sp³-hybridized carbons (Fsp3) is 0.692. The summed E-state index contributed by atoms with van der Waals surface area (Å²) >= 11 is 0. The third-order valence-corrected chi connectivity index (χ3v) is 7.77. The van der Waals surface area contributed by atoms with Crippen molar-refractivity contribution in [3.8, 4) is 6.07 Å². The van der Waals surface area contributed by atoms with Crippen molar-refractivity contribution in [2.75, 3.05) is 11.9 Å². The average Bonchev–Trinajstić information content (AvgIpc) is 3.15. The molecule has 1 aromatic carbocycles. The van der Waals surface area contributed by atoms with Crippen LogP contribution in [-0.4, -0.2) is 47.4 Å². The third kappa shape index (κ3) is 4.66. The molecule has 3 unspecified atom stereocenters. The Morgan fingerprint density at radius 2 is 2.00 bits per heavy atom. The van der Waals surface area contributed by atoms with Crippen LogP contribution in [0.15, 0.2) is 24.3 Å². The minimum Gasteiger partial charge on any atom is -0.368 e. The highest BCUT2D eigenvalue weighted by molar-refractivity contribution is 5.82. The maximum Gasteiger partial charge on any atom is 0.228 e. The van der Waals surface area contributed by atoms with Crippen molar-refractivity contribution in [3.63, 3.8) is 0 Å². The number of hydrogen-bond acceptors (Lipinski definition) is 6. The molecule has 2 heterocycles. The first-order chi connectivity index (χ1) is 16.2. The fourth-order valence-electron chi connectivity index (χ4n) is 6.23. The van der Waals surface area contributed by atoms with Gasteiger partial charge in [0.1, 0.15) is 12.3 Å². The molecule has 7 nitrogen and oxygen atoms in total. The molecule has 4 rings (SSSR count). The maximum absolute atomic E-state index is 15.4. The molecule has 2 aliphatic heterocycles. The lowest BCUT2D eigenvalue weighted by molar-refractivity contribution is -0.129. The lowest BCUT2D eigenvalue weighted by Gasteiger charge is -2.48. The molecule has 186 valence electrons. The number of hydrazine groups is 1. The van der Waals surface area contributed by atoms with Gasteiger partial charge in [-0.1, -0.05) is 38.8 Å². The molecular formula is C26H39FN6O. The zero-order valence-corrected chi connectivity index (χ0v) is 20.8. The third-order valence-electron chi connectivity index (χ3n) is 7.77.